The van der Waals surface area contributed by atoms with Crippen molar-refractivity contribution in [3.63, 3.8) is 0 Å². The average molecular weight is 412 g/mol. The summed E-state index contributed by atoms with van der Waals surface area (Å²) in [5.41, 5.74) is 2.22. The topological polar surface area (TPSA) is 44.4 Å². The maximum Gasteiger partial charge on any atom is 0.319 e. The summed E-state index contributed by atoms with van der Waals surface area (Å²) in [6, 6.07) is 18.5. The second-order valence-electron chi connectivity index (χ2n) is 8.38. The molecule has 2 amide bonds. The number of carbonyl (C=O) groups excluding carboxylic acids is 1. The van der Waals surface area contributed by atoms with Crippen LogP contribution in [0.1, 0.15) is 37.7 Å². The van der Waals surface area contributed by atoms with Crippen LogP contribution in [0.15, 0.2) is 54.6 Å². The van der Waals surface area contributed by atoms with E-state index in [4.69, 9.17) is 11.6 Å². The Morgan fingerprint density at radius 2 is 1.69 bits per heavy atom. The Labute approximate surface area is 178 Å². The number of benzene rings is 2. The Kier molecular flexibility index (Phi) is 6.73. The number of para-hydroxylation sites is 1. The van der Waals surface area contributed by atoms with Gasteiger partial charge in [0.05, 0.1) is 0 Å². The van der Waals surface area contributed by atoms with E-state index in [9.17, 15) is 4.79 Å². The predicted molar refractivity (Wildman–Crippen MR) is 119 cm³/mol. The van der Waals surface area contributed by atoms with Gasteiger partial charge in [-0.25, -0.2) is 4.79 Å². The van der Waals surface area contributed by atoms with Crippen LogP contribution in [0.5, 0.6) is 0 Å². The largest absolute Gasteiger partial charge is 0.334 e. The minimum absolute atomic E-state index is 0.0919. The van der Waals surface area contributed by atoms with Gasteiger partial charge in [-0.3, -0.25) is 4.90 Å². The Balaban J connectivity index is 1.26. The molecule has 0 unspecified atom stereocenters. The molecule has 4 nitrogen and oxygen atoms in total. The number of anilines is 1. The molecule has 1 heterocycles. The molecule has 29 heavy (non-hydrogen) atoms. The Morgan fingerprint density at radius 1 is 0.966 bits per heavy atom. The minimum atomic E-state index is -0.0919. The summed E-state index contributed by atoms with van der Waals surface area (Å²) < 4.78 is 0. The normalized spacial score (nSPS) is 23.1. The summed E-state index contributed by atoms with van der Waals surface area (Å²) in [6.07, 6.45) is 7.02. The zero-order valence-electron chi connectivity index (χ0n) is 16.8. The summed E-state index contributed by atoms with van der Waals surface area (Å²) in [7, 11) is 0. The monoisotopic (exact) mass is 411 g/mol. The van der Waals surface area contributed by atoms with Crippen LogP contribution in [0.25, 0.3) is 0 Å². The standard InChI is InChI=1S/C24H30ClN3O/c25-20-11-9-18(10-12-20)17-19-13-15-28(16-14-19)23-8-4-7-22(23)27-24(29)26-21-5-2-1-3-6-21/h1-3,5-6,9-12,19,22-23H,4,7-8,13-17H2,(H2,26,27,29)/t22-,23-/m1/s1. The van der Waals surface area contributed by atoms with E-state index in [2.05, 4.69) is 27.7 Å². The fourth-order valence-electron chi connectivity index (χ4n) is 4.85. The fraction of sp³-hybridized carbons (Fsp3) is 0.458. The van der Waals surface area contributed by atoms with E-state index in [1.165, 1.54) is 31.2 Å². The van der Waals surface area contributed by atoms with Crippen LogP contribution in [0.4, 0.5) is 10.5 Å². The smallest absolute Gasteiger partial charge is 0.319 e. The van der Waals surface area contributed by atoms with E-state index in [1.807, 2.05) is 42.5 Å². The van der Waals surface area contributed by atoms with Crippen molar-refractivity contribution < 1.29 is 4.79 Å². The number of nitrogens with zero attached hydrogens (tertiary/aromatic N) is 1. The lowest BCUT2D eigenvalue weighted by Gasteiger charge is -2.38. The van der Waals surface area contributed by atoms with Gasteiger partial charge in [0, 0.05) is 22.8 Å². The van der Waals surface area contributed by atoms with Crippen LogP contribution in [-0.4, -0.2) is 36.1 Å². The van der Waals surface area contributed by atoms with Crippen LogP contribution in [0, 0.1) is 5.92 Å². The van der Waals surface area contributed by atoms with Crippen LogP contribution in [-0.2, 0) is 6.42 Å². The molecule has 154 valence electrons. The molecule has 5 heteroatoms. The number of carbonyl (C=O) groups is 1. The van der Waals surface area contributed by atoms with Crippen molar-refractivity contribution in [2.24, 2.45) is 5.92 Å². The SMILES string of the molecule is O=C(Nc1ccccc1)N[C@@H]1CCC[C@H]1N1CCC(Cc2ccc(Cl)cc2)CC1. The van der Waals surface area contributed by atoms with Gasteiger partial charge in [-0.1, -0.05) is 41.9 Å². The molecule has 2 aromatic rings. The number of piperidine rings is 1. The van der Waals surface area contributed by atoms with Gasteiger partial charge in [-0.05, 0) is 87.4 Å². The average Bonchev–Trinajstić information content (AvgIpc) is 3.19. The Morgan fingerprint density at radius 3 is 2.41 bits per heavy atom. The van der Waals surface area contributed by atoms with E-state index in [1.54, 1.807) is 0 Å². The molecule has 1 aliphatic heterocycles. The molecule has 4 rings (SSSR count). The molecule has 0 bridgehead atoms. The molecular formula is C24H30ClN3O. The third kappa shape index (κ3) is 5.52. The number of halogens is 1. The van der Waals surface area contributed by atoms with Gasteiger partial charge in [0.1, 0.15) is 0 Å². The number of likely N-dealkylation sites (tertiary alicyclic amines) is 1. The Bertz CT molecular complexity index is 788. The second-order valence-corrected chi connectivity index (χ2v) is 8.82. The molecule has 1 saturated heterocycles. The van der Waals surface area contributed by atoms with Gasteiger partial charge in [-0.2, -0.15) is 0 Å². The first-order valence-corrected chi connectivity index (χ1v) is 11.2. The van der Waals surface area contributed by atoms with Crippen molar-refractivity contribution in [3.05, 3.63) is 65.2 Å². The molecule has 2 fully saturated rings. The highest BCUT2D eigenvalue weighted by Gasteiger charge is 2.35. The molecule has 0 spiro atoms. The van der Waals surface area contributed by atoms with Crippen LogP contribution in [0.3, 0.4) is 0 Å². The zero-order valence-corrected chi connectivity index (χ0v) is 17.6. The summed E-state index contributed by atoms with van der Waals surface area (Å²) in [4.78, 5) is 15.0. The van der Waals surface area contributed by atoms with Gasteiger partial charge in [0.15, 0.2) is 0 Å². The summed E-state index contributed by atoms with van der Waals surface area (Å²) >= 11 is 6.00. The number of urea groups is 1. The van der Waals surface area contributed by atoms with Crippen molar-refractivity contribution >= 4 is 23.3 Å². The molecule has 1 saturated carbocycles. The lowest BCUT2D eigenvalue weighted by atomic mass is 9.89. The number of rotatable bonds is 5. The third-order valence-electron chi connectivity index (χ3n) is 6.38. The van der Waals surface area contributed by atoms with E-state index in [-0.39, 0.29) is 12.1 Å². The van der Waals surface area contributed by atoms with Crippen molar-refractivity contribution in [3.8, 4) is 0 Å². The number of hydrogen-bond acceptors (Lipinski definition) is 2. The Hall–Kier alpha value is -2.04. The molecule has 0 aromatic heterocycles. The van der Waals surface area contributed by atoms with Crippen LogP contribution >= 0.6 is 11.6 Å². The van der Waals surface area contributed by atoms with Crippen molar-refractivity contribution in [1.82, 2.24) is 10.2 Å². The van der Waals surface area contributed by atoms with Gasteiger partial charge >= 0.3 is 6.03 Å². The van der Waals surface area contributed by atoms with E-state index in [0.717, 1.165) is 42.6 Å². The second kappa shape index (κ2) is 9.64. The first kappa shape index (κ1) is 20.2. The van der Waals surface area contributed by atoms with E-state index >= 15 is 0 Å². The molecular weight excluding hydrogens is 382 g/mol. The van der Waals surface area contributed by atoms with Crippen molar-refractivity contribution in [1.29, 1.82) is 0 Å². The summed E-state index contributed by atoms with van der Waals surface area (Å²) in [5.74, 6) is 0.738. The first-order valence-electron chi connectivity index (χ1n) is 10.8. The molecule has 2 N–H and O–H groups in total. The number of amides is 2. The molecule has 1 aliphatic carbocycles. The predicted octanol–water partition coefficient (Wildman–Crippen LogP) is 5.34. The maximum atomic E-state index is 12.4. The highest BCUT2D eigenvalue weighted by molar-refractivity contribution is 6.30. The molecule has 2 aliphatic rings. The zero-order chi connectivity index (χ0) is 20.1. The maximum absolute atomic E-state index is 12.4. The van der Waals surface area contributed by atoms with Gasteiger partial charge in [0.2, 0.25) is 0 Å². The van der Waals surface area contributed by atoms with Crippen LogP contribution < -0.4 is 10.6 Å². The number of hydrogen-bond donors (Lipinski definition) is 2. The van der Waals surface area contributed by atoms with Crippen LogP contribution in [0.2, 0.25) is 5.02 Å². The fourth-order valence-corrected chi connectivity index (χ4v) is 4.97. The third-order valence-corrected chi connectivity index (χ3v) is 6.64. The van der Waals surface area contributed by atoms with Gasteiger partial charge in [-0.15, -0.1) is 0 Å². The molecule has 2 atom stereocenters. The number of nitrogens with one attached hydrogen (secondary N) is 2. The van der Waals surface area contributed by atoms with Gasteiger partial charge in [0.25, 0.3) is 0 Å². The summed E-state index contributed by atoms with van der Waals surface area (Å²) in [5, 5.41) is 6.98. The quantitative estimate of drug-likeness (QED) is 0.697. The molecule has 2 aromatic carbocycles. The van der Waals surface area contributed by atoms with Gasteiger partial charge < -0.3 is 10.6 Å². The van der Waals surface area contributed by atoms with Crippen molar-refractivity contribution in [2.45, 2.75) is 50.6 Å². The van der Waals surface area contributed by atoms with E-state index < -0.39 is 0 Å². The van der Waals surface area contributed by atoms with Crippen molar-refractivity contribution in [2.75, 3.05) is 18.4 Å². The lowest BCUT2D eigenvalue weighted by molar-refractivity contribution is 0.119. The highest BCUT2D eigenvalue weighted by atomic mass is 35.5. The van der Waals surface area contributed by atoms with E-state index in [0.29, 0.717) is 6.04 Å². The highest BCUT2D eigenvalue weighted by Crippen LogP contribution is 2.30. The summed E-state index contributed by atoms with van der Waals surface area (Å²) in [6.45, 7) is 2.25. The molecule has 0 radical (unpaired) electrons. The lowest BCUT2D eigenvalue weighted by Crippen LogP contribution is -2.52. The minimum Gasteiger partial charge on any atom is -0.334 e. The first-order chi connectivity index (χ1) is 14.2.